The van der Waals surface area contributed by atoms with Crippen molar-refractivity contribution in [1.29, 1.82) is 0 Å². The summed E-state index contributed by atoms with van der Waals surface area (Å²) < 4.78 is 54.4. The average Bonchev–Trinajstić information content (AvgIpc) is 2.97. The number of ether oxygens (including phenoxy) is 3. The van der Waals surface area contributed by atoms with E-state index in [0.717, 1.165) is 12.1 Å². The van der Waals surface area contributed by atoms with Crippen LogP contribution in [0.2, 0.25) is 0 Å². The molecule has 0 atom stereocenters. The number of benzene rings is 3. The minimum absolute atomic E-state index is 0.0324. The molecule has 0 aliphatic carbocycles. The summed E-state index contributed by atoms with van der Waals surface area (Å²) in [5, 5.41) is 8.22. The summed E-state index contributed by atoms with van der Waals surface area (Å²) in [5.41, 5.74) is 2.56. The van der Waals surface area contributed by atoms with E-state index in [1.54, 1.807) is 61.5 Å². The quantitative estimate of drug-likeness (QED) is 0.0825. The Morgan fingerprint density at radius 2 is 1.63 bits per heavy atom. The molecule has 8 nitrogen and oxygen atoms in total. The molecular weight excluding hydrogens is 541 g/mol. The highest BCUT2D eigenvalue weighted by Crippen LogP contribution is 2.30. The van der Waals surface area contributed by atoms with Gasteiger partial charge in [0.05, 0.1) is 26.0 Å². The van der Waals surface area contributed by atoms with Crippen LogP contribution in [0.3, 0.4) is 0 Å². The van der Waals surface area contributed by atoms with Crippen molar-refractivity contribution in [3.8, 4) is 5.75 Å². The molecule has 0 saturated heterocycles. The average molecular weight is 571 g/mol. The Morgan fingerprint density at radius 3 is 2.29 bits per heavy atom. The van der Waals surface area contributed by atoms with E-state index in [-0.39, 0.29) is 18.8 Å². The van der Waals surface area contributed by atoms with Crippen LogP contribution in [0.1, 0.15) is 34.7 Å². The van der Waals surface area contributed by atoms with E-state index >= 15 is 0 Å². The van der Waals surface area contributed by atoms with E-state index in [2.05, 4.69) is 10.3 Å². The predicted octanol–water partition coefficient (Wildman–Crippen LogP) is 6.39. The maximum Gasteiger partial charge on any atom is 0.416 e. The lowest BCUT2D eigenvalue weighted by Crippen LogP contribution is -2.13. The molecule has 0 fully saturated rings. The molecule has 3 aromatic carbocycles. The van der Waals surface area contributed by atoms with Gasteiger partial charge in [-0.2, -0.15) is 13.2 Å². The van der Waals surface area contributed by atoms with E-state index < -0.39 is 17.7 Å². The second kappa shape index (κ2) is 14.5. The molecule has 0 aliphatic heterocycles. The number of halogens is 3. The van der Waals surface area contributed by atoms with Crippen LogP contribution in [-0.2, 0) is 43.3 Å². The van der Waals surface area contributed by atoms with Gasteiger partial charge >= 0.3 is 12.1 Å². The van der Waals surface area contributed by atoms with Gasteiger partial charge in [0.25, 0.3) is 0 Å². The summed E-state index contributed by atoms with van der Waals surface area (Å²) in [5.74, 6) is -0.105. The van der Waals surface area contributed by atoms with Crippen LogP contribution in [0, 0.1) is 0 Å². The van der Waals surface area contributed by atoms with Crippen molar-refractivity contribution >= 4 is 23.0 Å². The summed E-state index contributed by atoms with van der Waals surface area (Å²) in [7, 11) is 4.11. The van der Waals surface area contributed by atoms with Crippen molar-refractivity contribution in [2.45, 2.75) is 26.3 Å². The Hall–Kier alpha value is -4.80. The second-order valence-corrected chi connectivity index (χ2v) is 8.50. The lowest BCUT2D eigenvalue weighted by atomic mass is 10.0. The Labute approximate surface area is 235 Å². The van der Waals surface area contributed by atoms with Crippen LogP contribution in [0.25, 0.3) is 5.57 Å². The van der Waals surface area contributed by atoms with Crippen molar-refractivity contribution in [3.63, 3.8) is 0 Å². The molecule has 0 spiro atoms. The first-order valence-electron chi connectivity index (χ1n) is 12.2. The van der Waals surface area contributed by atoms with Gasteiger partial charge in [-0.15, -0.1) is 0 Å². The number of alkyl halides is 3. The molecule has 0 unspecified atom stereocenters. The number of methoxy groups -OCH3 is 2. The SMILES string of the molecule is COC=C(C(=O)OC)c1ccccc1CON=C(C)/C(=N\OC)c1ccc(OCc2cccc(C(F)(F)F)c2)cc1. The number of rotatable bonds is 12. The molecule has 41 heavy (non-hydrogen) atoms. The van der Waals surface area contributed by atoms with Crippen LogP contribution in [0.5, 0.6) is 5.75 Å². The van der Waals surface area contributed by atoms with E-state index in [0.29, 0.717) is 39.4 Å². The number of hydrogen-bond acceptors (Lipinski definition) is 8. The molecule has 3 aromatic rings. The Kier molecular flexibility index (Phi) is 10.9. The van der Waals surface area contributed by atoms with Gasteiger partial charge in [-0.25, -0.2) is 4.79 Å². The number of esters is 1. The smallest absolute Gasteiger partial charge is 0.416 e. The Balaban J connectivity index is 1.70. The molecule has 0 heterocycles. The number of oxime groups is 2. The van der Waals surface area contributed by atoms with E-state index in [4.69, 9.17) is 23.9 Å². The summed E-state index contributed by atoms with van der Waals surface area (Å²) in [4.78, 5) is 22.8. The third-order valence-electron chi connectivity index (χ3n) is 5.68. The molecule has 0 saturated carbocycles. The Bertz CT molecular complexity index is 1420. The molecule has 11 heteroatoms. The first-order valence-corrected chi connectivity index (χ1v) is 12.2. The van der Waals surface area contributed by atoms with Gasteiger partial charge in [0, 0.05) is 11.1 Å². The lowest BCUT2D eigenvalue weighted by molar-refractivity contribution is -0.137. The lowest BCUT2D eigenvalue weighted by Gasteiger charge is -2.12. The fourth-order valence-electron chi connectivity index (χ4n) is 3.73. The van der Waals surface area contributed by atoms with Crippen molar-refractivity contribution < 1.29 is 41.9 Å². The van der Waals surface area contributed by atoms with Gasteiger partial charge in [0.2, 0.25) is 0 Å². The predicted molar refractivity (Wildman–Crippen MR) is 147 cm³/mol. The van der Waals surface area contributed by atoms with Crippen LogP contribution >= 0.6 is 0 Å². The van der Waals surface area contributed by atoms with Crippen molar-refractivity contribution in [2.75, 3.05) is 21.3 Å². The van der Waals surface area contributed by atoms with Crippen molar-refractivity contribution in [3.05, 3.63) is 107 Å². The zero-order chi connectivity index (χ0) is 29.8. The van der Waals surface area contributed by atoms with Gasteiger partial charge < -0.3 is 23.9 Å². The first-order chi connectivity index (χ1) is 19.7. The minimum atomic E-state index is -4.42. The third-order valence-corrected chi connectivity index (χ3v) is 5.68. The molecule has 0 aromatic heterocycles. The fourth-order valence-corrected chi connectivity index (χ4v) is 3.73. The van der Waals surface area contributed by atoms with Gasteiger partial charge in [-0.05, 0) is 54.4 Å². The minimum Gasteiger partial charge on any atom is -0.503 e. The van der Waals surface area contributed by atoms with Gasteiger partial charge in [-0.3, -0.25) is 0 Å². The van der Waals surface area contributed by atoms with E-state index in [1.165, 1.54) is 33.7 Å². The van der Waals surface area contributed by atoms with Crippen molar-refractivity contribution in [2.24, 2.45) is 10.3 Å². The molecule has 0 aliphatic rings. The zero-order valence-corrected chi connectivity index (χ0v) is 22.9. The Morgan fingerprint density at radius 1 is 0.902 bits per heavy atom. The number of carbonyl (C=O) groups is 1. The number of carbonyl (C=O) groups excluding carboxylic acids is 1. The summed E-state index contributed by atoms with van der Waals surface area (Å²) >= 11 is 0. The highest BCUT2D eigenvalue weighted by Gasteiger charge is 2.30. The summed E-state index contributed by atoms with van der Waals surface area (Å²) in [6.07, 6.45) is -3.12. The van der Waals surface area contributed by atoms with Crippen LogP contribution < -0.4 is 4.74 Å². The molecule has 0 N–H and O–H groups in total. The number of nitrogens with zero attached hydrogens (tertiary/aromatic N) is 2. The zero-order valence-electron chi connectivity index (χ0n) is 22.9. The van der Waals surface area contributed by atoms with Crippen LogP contribution in [-0.4, -0.2) is 38.7 Å². The van der Waals surface area contributed by atoms with Gasteiger partial charge in [0.15, 0.2) is 0 Å². The molecule has 216 valence electrons. The normalized spacial score (nSPS) is 12.5. The fraction of sp³-hybridized carbons (Fsp3) is 0.233. The molecular formula is C30H29F3N2O6. The first kappa shape index (κ1) is 30.7. The number of hydrogen-bond donors (Lipinski definition) is 0. The standard InChI is InChI=1S/C30H29F3N2O6/c1-20(34-41-18-23-9-5-6-11-26(23)27(19-37-2)29(36)38-3)28(35-39-4)22-12-14-25(15-13-22)40-17-21-8-7-10-24(16-21)30(31,32)33/h5-16,19H,17-18H2,1-4H3/b27-19?,34-20?,35-28+. The highest BCUT2D eigenvalue weighted by atomic mass is 19.4. The van der Waals surface area contributed by atoms with Gasteiger partial charge in [0.1, 0.15) is 43.1 Å². The largest absolute Gasteiger partial charge is 0.503 e. The molecule has 0 amide bonds. The molecule has 3 rings (SSSR count). The van der Waals surface area contributed by atoms with Gasteiger partial charge in [-0.1, -0.05) is 46.7 Å². The van der Waals surface area contributed by atoms with Crippen LogP contribution in [0.15, 0.2) is 89.4 Å². The monoisotopic (exact) mass is 570 g/mol. The maximum atomic E-state index is 13.0. The molecule has 0 bridgehead atoms. The summed E-state index contributed by atoms with van der Waals surface area (Å²) in [6, 6.07) is 18.8. The maximum absolute atomic E-state index is 13.0. The van der Waals surface area contributed by atoms with E-state index in [9.17, 15) is 18.0 Å². The second-order valence-electron chi connectivity index (χ2n) is 8.50. The topological polar surface area (TPSA) is 87.9 Å². The molecule has 0 radical (unpaired) electrons. The third kappa shape index (κ3) is 8.59. The van der Waals surface area contributed by atoms with Crippen LogP contribution in [0.4, 0.5) is 13.2 Å². The van der Waals surface area contributed by atoms with Crippen molar-refractivity contribution in [1.82, 2.24) is 0 Å². The van der Waals surface area contributed by atoms with E-state index in [1.807, 2.05) is 0 Å². The summed E-state index contributed by atoms with van der Waals surface area (Å²) in [6.45, 7) is 1.69. The highest BCUT2D eigenvalue weighted by molar-refractivity contribution is 6.47.